The van der Waals surface area contributed by atoms with Crippen LogP contribution < -0.4 is 5.32 Å². The van der Waals surface area contributed by atoms with Gasteiger partial charge in [0, 0.05) is 18.0 Å². The highest BCUT2D eigenvalue weighted by atomic mass is 16.4. The summed E-state index contributed by atoms with van der Waals surface area (Å²) < 4.78 is 5.53. The van der Waals surface area contributed by atoms with Gasteiger partial charge in [-0.05, 0) is 25.2 Å². The van der Waals surface area contributed by atoms with Crippen molar-refractivity contribution < 1.29 is 4.42 Å². The summed E-state index contributed by atoms with van der Waals surface area (Å²) in [6.07, 6.45) is 3.33. The van der Waals surface area contributed by atoms with Crippen molar-refractivity contribution in [1.82, 2.24) is 25.5 Å². The smallest absolute Gasteiger partial charge is 0.247 e. The first kappa shape index (κ1) is 10.8. The van der Waals surface area contributed by atoms with E-state index in [2.05, 4.69) is 25.5 Å². The van der Waals surface area contributed by atoms with Crippen molar-refractivity contribution in [1.29, 1.82) is 0 Å². The fourth-order valence-electron chi connectivity index (χ4n) is 1.69. The van der Waals surface area contributed by atoms with Gasteiger partial charge in [-0.3, -0.25) is 9.97 Å². The number of hydrogen-bond donors (Lipinski definition) is 1. The van der Waals surface area contributed by atoms with Crippen LogP contribution in [0.15, 0.2) is 35.0 Å². The highest BCUT2D eigenvalue weighted by molar-refractivity contribution is 5.78. The normalized spacial score (nSPS) is 10.9. The van der Waals surface area contributed by atoms with Crippen molar-refractivity contribution in [3.63, 3.8) is 0 Å². The molecule has 6 heteroatoms. The van der Waals surface area contributed by atoms with Gasteiger partial charge < -0.3 is 9.73 Å². The van der Waals surface area contributed by atoms with Crippen LogP contribution >= 0.6 is 0 Å². The maximum atomic E-state index is 5.53. The van der Waals surface area contributed by atoms with E-state index in [0.717, 1.165) is 16.6 Å². The van der Waals surface area contributed by atoms with Crippen LogP contribution in [0.2, 0.25) is 0 Å². The zero-order valence-electron chi connectivity index (χ0n) is 9.79. The van der Waals surface area contributed by atoms with E-state index in [-0.39, 0.29) is 0 Å². The average Bonchev–Trinajstić information content (AvgIpc) is 2.87. The van der Waals surface area contributed by atoms with Crippen LogP contribution in [0.4, 0.5) is 0 Å². The summed E-state index contributed by atoms with van der Waals surface area (Å²) in [4.78, 5) is 8.46. The van der Waals surface area contributed by atoms with E-state index >= 15 is 0 Å². The van der Waals surface area contributed by atoms with Gasteiger partial charge in [-0.2, -0.15) is 0 Å². The van der Waals surface area contributed by atoms with Crippen LogP contribution in [0.1, 0.15) is 5.89 Å². The van der Waals surface area contributed by atoms with Gasteiger partial charge in [0.2, 0.25) is 11.8 Å². The van der Waals surface area contributed by atoms with Crippen LogP contribution in [0.25, 0.3) is 22.5 Å². The molecular formula is C12H11N5O. The Morgan fingerprint density at radius 3 is 2.78 bits per heavy atom. The first-order valence-electron chi connectivity index (χ1n) is 5.55. The fourth-order valence-corrected chi connectivity index (χ4v) is 1.69. The van der Waals surface area contributed by atoms with Crippen LogP contribution in [-0.2, 0) is 6.54 Å². The Hall–Kier alpha value is -2.34. The maximum Gasteiger partial charge on any atom is 0.247 e. The van der Waals surface area contributed by atoms with Gasteiger partial charge in [0.05, 0.1) is 17.6 Å². The Labute approximate surface area is 103 Å². The highest BCUT2D eigenvalue weighted by Crippen LogP contribution is 2.21. The Morgan fingerprint density at radius 1 is 1.11 bits per heavy atom. The number of aromatic nitrogens is 4. The molecule has 0 amide bonds. The Morgan fingerprint density at radius 2 is 1.94 bits per heavy atom. The molecule has 90 valence electrons. The molecular weight excluding hydrogens is 230 g/mol. The zero-order chi connectivity index (χ0) is 12.4. The standard InChI is InChI=1S/C12H11N5O/c1-13-7-11-16-17-12(18-11)8-2-3-9-10(6-8)15-5-4-14-9/h2-6,13H,7H2,1H3. The molecule has 0 bridgehead atoms. The molecule has 2 aromatic heterocycles. The van der Waals surface area contributed by atoms with E-state index in [1.165, 1.54) is 0 Å². The number of nitrogens with one attached hydrogen (secondary N) is 1. The predicted molar refractivity (Wildman–Crippen MR) is 65.6 cm³/mol. The van der Waals surface area contributed by atoms with Crippen molar-refractivity contribution in [2.75, 3.05) is 7.05 Å². The van der Waals surface area contributed by atoms with E-state index in [4.69, 9.17) is 4.42 Å². The summed E-state index contributed by atoms with van der Waals surface area (Å²) in [5, 5.41) is 10.9. The van der Waals surface area contributed by atoms with Crippen molar-refractivity contribution in [3.05, 3.63) is 36.5 Å². The number of nitrogens with zero attached hydrogens (tertiary/aromatic N) is 4. The molecule has 0 saturated heterocycles. The van der Waals surface area contributed by atoms with E-state index in [1.54, 1.807) is 12.4 Å². The van der Waals surface area contributed by atoms with Crippen LogP contribution in [0.5, 0.6) is 0 Å². The van der Waals surface area contributed by atoms with Gasteiger partial charge in [0.15, 0.2) is 0 Å². The zero-order valence-corrected chi connectivity index (χ0v) is 9.79. The molecule has 3 rings (SSSR count). The Kier molecular flexibility index (Phi) is 2.70. The van der Waals surface area contributed by atoms with Gasteiger partial charge in [-0.25, -0.2) is 0 Å². The molecule has 2 heterocycles. The highest BCUT2D eigenvalue weighted by Gasteiger charge is 2.08. The second kappa shape index (κ2) is 4.50. The summed E-state index contributed by atoms with van der Waals surface area (Å²) in [5.41, 5.74) is 2.50. The monoisotopic (exact) mass is 241 g/mol. The second-order valence-corrected chi connectivity index (χ2v) is 3.79. The summed E-state index contributed by atoms with van der Waals surface area (Å²) in [5.74, 6) is 1.06. The molecule has 0 aliphatic rings. The van der Waals surface area contributed by atoms with Gasteiger partial charge in [-0.1, -0.05) is 0 Å². The van der Waals surface area contributed by atoms with Crippen LogP contribution in [-0.4, -0.2) is 27.2 Å². The third-order valence-corrected chi connectivity index (χ3v) is 2.51. The van der Waals surface area contributed by atoms with Gasteiger partial charge >= 0.3 is 0 Å². The van der Waals surface area contributed by atoms with Crippen molar-refractivity contribution in [2.45, 2.75) is 6.54 Å². The quantitative estimate of drug-likeness (QED) is 0.746. The molecule has 6 nitrogen and oxygen atoms in total. The van der Waals surface area contributed by atoms with Crippen LogP contribution in [0, 0.1) is 0 Å². The molecule has 1 aromatic carbocycles. The molecule has 0 aliphatic carbocycles. The third kappa shape index (κ3) is 1.93. The van der Waals surface area contributed by atoms with E-state index < -0.39 is 0 Å². The Balaban J connectivity index is 2.02. The summed E-state index contributed by atoms with van der Waals surface area (Å²) in [7, 11) is 1.83. The van der Waals surface area contributed by atoms with Gasteiger partial charge in [0.25, 0.3) is 0 Å². The molecule has 0 aliphatic heterocycles. The number of hydrogen-bond acceptors (Lipinski definition) is 6. The molecule has 1 N–H and O–H groups in total. The van der Waals surface area contributed by atoms with Crippen molar-refractivity contribution in [3.8, 4) is 11.5 Å². The maximum absolute atomic E-state index is 5.53. The Bertz CT molecular complexity index is 679. The van der Waals surface area contributed by atoms with Crippen molar-refractivity contribution >= 4 is 11.0 Å². The molecule has 0 atom stereocenters. The molecule has 3 aromatic rings. The van der Waals surface area contributed by atoms with E-state index in [1.807, 2.05) is 25.2 Å². The molecule has 0 spiro atoms. The molecule has 0 unspecified atom stereocenters. The lowest BCUT2D eigenvalue weighted by molar-refractivity contribution is 0.490. The lowest BCUT2D eigenvalue weighted by Crippen LogP contribution is -2.04. The summed E-state index contributed by atoms with van der Waals surface area (Å²) >= 11 is 0. The summed E-state index contributed by atoms with van der Waals surface area (Å²) in [6, 6.07) is 5.67. The largest absolute Gasteiger partial charge is 0.419 e. The lowest BCUT2D eigenvalue weighted by atomic mass is 10.2. The molecule has 18 heavy (non-hydrogen) atoms. The lowest BCUT2D eigenvalue weighted by Gasteiger charge is -1.97. The molecule has 0 saturated carbocycles. The number of fused-ring (bicyclic) bond motifs is 1. The first-order chi connectivity index (χ1) is 8.86. The fraction of sp³-hybridized carbons (Fsp3) is 0.167. The first-order valence-corrected chi connectivity index (χ1v) is 5.55. The van der Waals surface area contributed by atoms with E-state index in [0.29, 0.717) is 18.3 Å². The average molecular weight is 241 g/mol. The second-order valence-electron chi connectivity index (χ2n) is 3.79. The SMILES string of the molecule is CNCc1nnc(-c2ccc3nccnc3c2)o1. The minimum atomic E-state index is 0.493. The number of rotatable bonds is 3. The minimum absolute atomic E-state index is 0.493. The van der Waals surface area contributed by atoms with Gasteiger partial charge in [0.1, 0.15) is 0 Å². The van der Waals surface area contributed by atoms with Crippen LogP contribution in [0.3, 0.4) is 0 Å². The van der Waals surface area contributed by atoms with Crippen molar-refractivity contribution in [2.24, 2.45) is 0 Å². The molecule has 0 radical (unpaired) electrons. The van der Waals surface area contributed by atoms with Gasteiger partial charge in [-0.15, -0.1) is 10.2 Å². The topological polar surface area (TPSA) is 76.7 Å². The number of benzene rings is 1. The minimum Gasteiger partial charge on any atom is -0.419 e. The molecule has 0 fully saturated rings. The summed E-state index contributed by atoms with van der Waals surface area (Å²) in [6.45, 7) is 0.556. The van der Waals surface area contributed by atoms with E-state index in [9.17, 15) is 0 Å². The predicted octanol–water partition coefficient (Wildman–Crippen LogP) is 1.40. The third-order valence-electron chi connectivity index (χ3n) is 2.51.